The highest BCUT2D eigenvalue weighted by atomic mass is 79.9. The molecule has 1 rings (SSSR count). The minimum atomic E-state index is -0.780. The van der Waals surface area contributed by atoms with Crippen molar-refractivity contribution < 1.29 is 14.6 Å². The lowest BCUT2D eigenvalue weighted by molar-refractivity contribution is 0.0526. The zero-order valence-corrected chi connectivity index (χ0v) is 14.7. The third-order valence-electron chi connectivity index (χ3n) is 3.24. The van der Waals surface area contributed by atoms with Gasteiger partial charge in [0.15, 0.2) is 11.5 Å². The minimum absolute atomic E-state index is 0.390. The van der Waals surface area contributed by atoms with Gasteiger partial charge in [-0.2, -0.15) is 5.26 Å². The summed E-state index contributed by atoms with van der Waals surface area (Å²) in [5.74, 6) is 0.514. The van der Waals surface area contributed by atoms with Crippen LogP contribution in [0.15, 0.2) is 16.6 Å². The summed E-state index contributed by atoms with van der Waals surface area (Å²) in [6.07, 6.45) is -0.780. The molecule has 0 radical (unpaired) electrons. The van der Waals surface area contributed by atoms with Gasteiger partial charge in [-0.15, -0.1) is 0 Å². The lowest BCUT2D eigenvalue weighted by Gasteiger charge is -2.30. The van der Waals surface area contributed by atoms with E-state index in [-0.39, 0.29) is 0 Å². The van der Waals surface area contributed by atoms with Crippen molar-refractivity contribution in [2.75, 3.05) is 13.7 Å². The molecule has 0 saturated heterocycles. The SMILES string of the molecule is CCOc1cc(C(C#N)C(O)C(C)(C)C)cc(Br)c1OC. The van der Waals surface area contributed by atoms with Crippen molar-refractivity contribution in [2.24, 2.45) is 5.41 Å². The van der Waals surface area contributed by atoms with E-state index >= 15 is 0 Å². The maximum Gasteiger partial charge on any atom is 0.174 e. The Balaban J connectivity index is 3.32. The molecule has 0 aromatic heterocycles. The molecule has 4 nitrogen and oxygen atoms in total. The van der Waals surface area contributed by atoms with Crippen LogP contribution in [0.5, 0.6) is 11.5 Å². The van der Waals surface area contributed by atoms with Crippen LogP contribution in [0.25, 0.3) is 0 Å². The van der Waals surface area contributed by atoms with Gasteiger partial charge in [-0.1, -0.05) is 20.8 Å². The Morgan fingerprint density at radius 3 is 2.43 bits per heavy atom. The molecule has 5 heteroatoms. The smallest absolute Gasteiger partial charge is 0.174 e. The van der Waals surface area contributed by atoms with Gasteiger partial charge in [0.1, 0.15) is 0 Å². The summed E-state index contributed by atoms with van der Waals surface area (Å²) in [7, 11) is 1.56. The number of hydrogen-bond acceptors (Lipinski definition) is 4. The monoisotopic (exact) mass is 355 g/mol. The highest BCUT2D eigenvalue weighted by Gasteiger charge is 2.32. The van der Waals surface area contributed by atoms with E-state index in [0.29, 0.717) is 28.1 Å². The first-order valence-corrected chi connectivity index (χ1v) is 7.63. The van der Waals surface area contributed by atoms with Crippen LogP contribution in [-0.4, -0.2) is 24.9 Å². The summed E-state index contributed by atoms with van der Waals surface area (Å²) in [6, 6.07) is 5.75. The summed E-state index contributed by atoms with van der Waals surface area (Å²) in [4.78, 5) is 0. The van der Waals surface area contributed by atoms with E-state index < -0.39 is 17.4 Å². The number of nitrogens with zero attached hydrogens (tertiary/aromatic N) is 1. The number of hydrogen-bond donors (Lipinski definition) is 1. The van der Waals surface area contributed by atoms with Gasteiger partial charge in [-0.3, -0.25) is 0 Å². The first-order chi connectivity index (χ1) is 9.76. The van der Waals surface area contributed by atoms with Crippen LogP contribution in [-0.2, 0) is 0 Å². The van der Waals surface area contributed by atoms with Crippen molar-refractivity contribution in [3.8, 4) is 17.6 Å². The second-order valence-corrected chi connectivity index (χ2v) is 6.74. The Kier molecular flexibility index (Phi) is 6.06. The van der Waals surface area contributed by atoms with Crippen molar-refractivity contribution in [2.45, 2.75) is 39.7 Å². The van der Waals surface area contributed by atoms with E-state index in [1.54, 1.807) is 19.2 Å². The quantitative estimate of drug-likeness (QED) is 0.870. The fourth-order valence-electron chi connectivity index (χ4n) is 2.06. The largest absolute Gasteiger partial charge is 0.492 e. The zero-order chi connectivity index (χ0) is 16.2. The van der Waals surface area contributed by atoms with E-state index in [1.807, 2.05) is 27.7 Å². The molecular formula is C16H22BrNO3. The lowest BCUT2D eigenvalue weighted by Crippen LogP contribution is -2.31. The summed E-state index contributed by atoms with van der Waals surface area (Å²) in [5, 5.41) is 19.9. The number of methoxy groups -OCH3 is 1. The molecule has 1 N–H and O–H groups in total. The van der Waals surface area contributed by atoms with Crippen LogP contribution in [0.2, 0.25) is 0 Å². The molecule has 21 heavy (non-hydrogen) atoms. The highest BCUT2D eigenvalue weighted by Crippen LogP contribution is 2.40. The fourth-order valence-corrected chi connectivity index (χ4v) is 2.68. The van der Waals surface area contributed by atoms with Crippen LogP contribution in [0.3, 0.4) is 0 Å². The van der Waals surface area contributed by atoms with E-state index in [1.165, 1.54) is 0 Å². The van der Waals surface area contributed by atoms with Crippen molar-refractivity contribution >= 4 is 15.9 Å². The van der Waals surface area contributed by atoms with Crippen LogP contribution in [0.1, 0.15) is 39.2 Å². The molecule has 0 saturated carbocycles. The van der Waals surface area contributed by atoms with Gasteiger partial charge in [0.2, 0.25) is 0 Å². The summed E-state index contributed by atoms with van der Waals surface area (Å²) < 4.78 is 11.6. The van der Waals surface area contributed by atoms with E-state index in [4.69, 9.17) is 9.47 Å². The van der Waals surface area contributed by atoms with Crippen molar-refractivity contribution in [3.05, 3.63) is 22.2 Å². The van der Waals surface area contributed by atoms with Gasteiger partial charge in [0.25, 0.3) is 0 Å². The standard InChI is InChI=1S/C16H22BrNO3/c1-6-21-13-8-10(7-12(17)14(13)20-5)11(9-18)15(19)16(2,3)4/h7-8,11,15,19H,6H2,1-5H3. The van der Waals surface area contributed by atoms with E-state index in [2.05, 4.69) is 22.0 Å². The highest BCUT2D eigenvalue weighted by molar-refractivity contribution is 9.10. The average molecular weight is 356 g/mol. The predicted molar refractivity (Wildman–Crippen MR) is 85.7 cm³/mol. The second kappa shape index (κ2) is 7.15. The summed E-state index contributed by atoms with van der Waals surface area (Å²) in [5.41, 5.74) is 0.314. The number of aliphatic hydroxyl groups excluding tert-OH is 1. The number of aliphatic hydroxyl groups is 1. The molecule has 0 spiro atoms. The van der Waals surface area contributed by atoms with Gasteiger partial charge < -0.3 is 14.6 Å². The first-order valence-electron chi connectivity index (χ1n) is 6.84. The number of rotatable bonds is 5. The molecular weight excluding hydrogens is 334 g/mol. The number of halogens is 1. The van der Waals surface area contributed by atoms with Crippen molar-refractivity contribution in [3.63, 3.8) is 0 Å². The molecule has 1 aromatic rings. The Hall–Kier alpha value is -1.25. The Bertz CT molecular complexity index is 532. The van der Waals surface area contributed by atoms with Crippen molar-refractivity contribution in [1.82, 2.24) is 0 Å². The molecule has 116 valence electrons. The number of ether oxygens (including phenoxy) is 2. The molecule has 2 unspecified atom stereocenters. The summed E-state index contributed by atoms with van der Waals surface area (Å²) >= 11 is 3.43. The maximum absolute atomic E-state index is 10.4. The predicted octanol–water partition coefficient (Wildman–Crippen LogP) is 3.87. The average Bonchev–Trinajstić information content (AvgIpc) is 2.38. The molecule has 2 atom stereocenters. The summed E-state index contributed by atoms with van der Waals surface area (Å²) in [6.45, 7) is 8.09. The third-order valence-corrected chi connectivity index (χ3v) is 3.83. The molecule has 0 aliphatic rings. The molecule has 1 aromatic carbocycles. The number of nitriles is 1. The topological polar surface area (TPSA) is 62.5 Å². The Morgan fingerprint density at radius 1 is 1.38 bits per heavy atom. The first kappa shape index (κ1) is 17.8. The van der Waals surface area contributed by atoms with Gasteiger partial charge in [0.05, 0.1) is 36.3 Å². The molecule has 0 heterocycles. The van der Waals surface area contributed by atoms with Gasteiger partial charge in [-0.25, -0.2) is 0 Å². The van der Waals surface area contributed by atoms with Gasteiger partial charge in [-0.05, 0) is 46.0 Å². The van der Waals surface area contributed by atoms with Gasteiger partial charge >= 0.3 is 0 Å². The van der Waals surface area contributed by atoms with Crippen LogP contribution in [0, 0.1) is 16.7 Å². The van der Waals surface area contributed by atoms with Crippen LogP contribution in [0.4, 0.5) is 0 Å². The number of benzene rings is 1. The maximum atomic E-state index is 10.4. The molecule has 0 amide bonds. The van der Waals surface area contributed by atoms with Crippen LogP contribution >= 0.6 is 15.9 Å². The molecule has 0 fully saturated rings. The van der Waals surface area contributed by atoms with E-state index in [0.717, 1.165) is 0 Å². The van der Waals surface area contributed by atoms with Gasteiger partial charge in [0, 0.05) is 0 Å². The normalized spacial score (nSPS) is 14.2. The Morgan fingerprint density at radius 2 is 2.00 bits per heavy atom. The van der Waals surface area contributed by atoms with E-state index in [9.17, 15) is 10.4 Å². The minimum Gasteiger partial charge on any atom is -0.492 e. The zero-order valence-electron chi connectivity index (χ0n) is 13.1. The molecule has 0 aliphatic carbocycles. The Labute approximate surface area is 134 Å². The second-order valence-electron chi connectivity index (χ2n) is 5.88. The molecule has 0 aliphatic heterocycles. The van der Waals surface area contributed by atoms with Crippen LogP contribution < -0.4 is 9.47 Å². The lowest BCUT2D eigenvalue weighted by atomic mass is 9.79. The fraction of sp³-hybridized carbons (Fsp3) is 0.562. The van der Waals surface area contributed by atoms with Crippen molar-refractivity contribution in [1.29, 1.82) is 5.26 Å². The third kappa shape index (κ3) is 4.12. The molecule has 0 bridgehead atoms.